The van der Waals surface area contributed by atoms with E-state index in [0.29, 0.717) is 47.5 Å². The summed E-state index contributed by atoms with van der Waals surface area (Å²) in [5.74, 6) is 3.24. The molecular weight excluding hydrogens is 404 g/mol. The molecule has 9 heteroatoms. The van der Waals surface area contributed by atoms with Gasteiger partial charge in [-0.2, -0.15) is 4.98 Å². The van der Waals surface area contributed by atoms with Gasteiger partial charge in [0.15, 0.2) is 9.84 Å². The molecule has 2 heterocycles. The van der Waals surface area contributed by atoms with E-state index >= 15 is 0 Å². The van der Waals surface area contributed by atoms with Gasteiger partial charge in [0.2, 0.25) is 5.89 Å². The Labute approximate surface area is 179 Å². The molecule has 1 atom stereocenters. The van der Waals surface area contributed by atoms with Crippen molar-refractivity contribution in [1.29, 1.82) is 0 Å². The van der Waals surface area contributed by atoms with E-state index < -0.39 is 9.84 Å². The fourth-order valence-electron chi connectivity index (χ4n) is 3.76. The summed E-state index contributed by atoms with van der Waals surface area (Å²) in [6.07, 6.45) is 4.37. The molecular formula is C21H32N4O4S. The van der Waals surface area contributed by atoms with Gasteiger partial charge in [0.1, 0.15) is 5.75 Å². The third-order valence-electron chi connectivity index (χ3n) is 5.63. The first-order valence-electron chi connectivity index (χ1n) is 10.4. The summed E-state index contributed by atoms with van der Waals surface area (Å²) >= 11 is 0. The number of rotatable bonds is 9. The van der Waals surface area contributed by atoms with Gasteiger partial charge in [0.25, 0.3) is 5.95 Å². The van der Waals surface area contributed by atoms with Crippen LogP contribution in [-0.2, 0) is 16.4 Å². The normalized spacial score (nSPS) is 16.8. The summed E-state index contributed by atoms with van der Waals surface area (Å²) in [5, 5.41) is 4.12. The summed E-state index contributed by atoms with van der Waals surface area (Å²) in [6, 6.07) is 6.61. The molecule has 1 aliphatic heterocycles. The molecule has 0 aliphatic carbocycles. The Morgan fingerprint density at radius 1 is 1.23 bits per heavy atom. The molecule has 3 rings (SSSR count). The molecule has 1 aromatic carbocycles. The Bertz CT molecular complexity index is 903. The van der Waals surface area contributed by atoms with Crippen LogP contribution in [0.4, 0.5) is 5.95 Å². The summed E-state index contributed by atoms with van der Waals surface area (Å²) < 4.78 is 34.2. The topological polar surface area (TPSA) is 88.8 Å². The summed E-state index contributed by atoms with van der Waals surface area (Å²) in [4.78, 5) is 9.02. The molecule has 0 radical (unpaired) electrons. The second-order valence-corrected chi connectivity index (χ2v) is 10.4. The third-order valence-corrected chi connectivity index (χ3v) is 6.76. The molecule has 1 saturated heterocycles. The van der Waals surface area contributed by atoms with E-state index in [4.69, 9.17) is 9.26 Å². The van der Waals surface area contributed by atoms with Crippen molar-refractivity contribution in [2.45, 2.75) is 37.6 Å². The molecule has 30 heavy (non-hydrogen) atoms. The summed E-state index contributed by atoms with van der Waals surface area (Å²) in [6.45, 7) is 5.42. The minimum absolute atomic E-state index is 0.311. The van der Waals surface area contributed by atoms with Crippen LogP contribution in [-0.4, -0.2) is 63.5 Å². The van der Waals surface area contributed by atoms with Gasteiger partial charge >= 0.3 is 0 Å². The molecule has 1 aliphatic rings. The van der Waals surface area contributed by atoms with Crippen molar-refractivity contribution in [3.63, 3.8) is 0 Å². The Morgan fingerprint density at radius 3 is 2.50 bits per heavy atom. The van der Waals surface area contributed by atoms with Gasteiger partial charge in [-0.25, -0.2) is 8.42 Å². The van der Waals surface area contributed by atoms with Crippen molar-refractivity contribution in [2.75, 3.05) is 44.9 Å². The maximum absolute atomic E-state index is 11.5. The monoisotopic (exact) mass is 436 g/mol. The van der Waals surface area contributed by atoms with Crippen LogP contribution in [0.2, 0.25) is 0 Å². The fourth-order valence-corrected chi connectivity index (χ4v) is 4.39. The molecule has 0 amide bonds. The first-order valence-corrected chi connectivity index (χ1v) is 12.3. The molecule has 166 valence electrons. The lowest BCUT2D eigenvalue weighted by atomic mass is 9.84. The molecule has 0 N–H and O–H groups in total. The van der Waals surface area contributed by atoms with Crippen molar-refractivity contribution in [1.82, 2.24) is 15.0 Å². The Hall–Kier alpha value is -2.13. The van der Waals surface area contributed by atoms with Gasteiger partial charge in [-0.1, -0.05) is 6.92 Å². The minimum Gasteiger partial charge on any atom is -0.494 e. The van der Waals surface area contributed by atoms with Crippen molar-refractivity contribution >= 4 is 15.8 Å². The number of piperidine rings is 1. The van der Waals surface area contributed by atoms with Crippen LogP contribution in [0.3, 0.4) is 0 Å². The number of anilines is 1. The Morgan fingerprint density at radius 2 is 1.90 bits per heavy atom. The van der Waals surface area contributed by atoms with Gasteiger partial charge in [0, 0.05) is 19.3 Å². The lowest BCUT2D eigenvalue weighted by Crippen LogP contribution is -2.36. The van der Waals surface area contributed by atoms with Crippen molar-refractivity contribution in [3.05, 3.63) is 30.2 Å². The van der Waals surface area contributed by atoms with Crippen LogP contribution < -0.4 is 9.64 Å². The standard InChI is InChI=1S/C21H32N4O4S/c1-16(11-14-28-18-5-7-19(8-6-18)30(4,26)27)17-9-12-25(13-10-17)21-22-20(29-23-21)15-24(2)3/h5-8,16-17H,9-15H2,1-4H3/t16-/m1/s1. The number of ether oxygens (including phenoxy) is 1. The second-order valence-electron chi connectivity index (χ2n) is 8.41. The van der Waals surface area contributed by atoms with E-state index in [9.17, 15) is 8.42 Å². The highest BCUT2D eigenvalue weighted by Crippen LogP contribution is 2.29. The van der Waals surface area contributed by atoms with Crippen LogP contribution in [0.1, 0.15) is 32.1 Å². The SMILES string of the molecule is C[C@H](CCOc1ccc(S(C)(=O)=O)cc1)C1CCN(c2noc(CN(C)C)n2)CC1. The highest BCUT2D eigenvalue weighted by Gasteiger charge is 2.26. The first kappa shape index (κ1) is 22.6. The van der Waals surface area contributed by atoms with Crippen LogP contribution >= 0.6 is 0 Å². The maximum atomic E-state index is 11.5. The Balaban J connectivity index is 1.41. The first-order chi connectivity index (χ1) is 14.2. The molecule has 1 fully saturated rings. The van der Waals surface area contributed by atoms with E-state index in [1.165, 1.54) is 6.26 Å². The van der Waals surface area contributed by atoms with Crippen LogP contribution in [0, 0.1) is 11.8 Å². The van der Waals surface area contributed by atoms with E-state index in [0.717, 1.165) is 32.4 Å². The third kappa shape index (κ3) is 6.18. The average Bonchev–Trinajstić information content (AvgIpc) is 3.15. The summed E-state index contributed by atoms with van der Waals surface area (Å²) in [5.41, 5.74) is 0. The van der Waals surface area contributed by atoms with E-state index in [-0.39, 0.29) is 0 Å². The van der Waals surface area contributed by atoms with Gasteiger partial charge in [-0.05, 0) is 74.6 Å². The molecule has 2 aromatic rings. The predicted molar refractivity (Wildman–Crippen MR) is 115 cm³/mol. The molecule has 0 spiro atoms. The number of aromatic nitrogens is 2. The largest absolute Gasteiger partial charge is 0.494 e. The lowest BCUT2D eigenvalue weighted by Gasteiger charge is -2.34. The molecule has 8 nitrogen and oxygen atoms in total. The number of hydrogen-bond donors (Lipinski definition) is 0. The average molecular weight is 437 g/mol. The number of nitrogens with zero attached hydrogens (tertiary/aromatic N) is 4. The van der Waals surface area contributed by atoms with Gasteiger partial charge in [0.05, 0.1) is 18.0 Å². The van der Waals surface area contributed by atoms with Crippen molar-refractivity contribution < 1.29 is 17.7 Å². The van der Waals surface area contributed by atoms with Gasteiger partial charge in [-0.15, -0.1) is 0 Å². The van der Waals surface area contributed by atoms with Crippen LogP contribution in [0.15, 0.2) is 33.7 Å². The maximum Gasteiger partial charge on any atom is 0.266 e. The van der Waals surface area contributed by atoms with E-state index in [2.05, 4.69) is 22.0 Å². The van der Waals surface area contributed by atoms with Crippen molar-refractivity contribution in [3.8, 4) is 5.75 Å². The zero-order valence-corrected chi connectivity index (χ0v) is 19.1. The Kier molecular flexibility index (Phi) is 7.36. The fraction of sp³-hybridized carbons (Fsp3) is 0.619. The summed E-state index contributed by atoms with van der Waals surface area (Å²) in [7, 11) is 0.781. The van der Waals surface area contributed by atoms with Gasteiger partial charge < -0.3 is 19.1 Å². The quantitative estimate of drug-likeness (QED) is 0.593. The second kappa shape index (κ2) is 9.78. The molecule has 1 aromatic heterocycles. The molecule has 0 bridgehead atoms. The highest BCUT2D eigenvalue weighted by atomic mass is 32.2. The minimum atomic E-state index is -3.17. The van der Waals surface area contributed by atoms with Crippen LogP contribution in [0.5, 0.6) is 5.75 Å². The van der Waals surface area contributed by atoms with Crippen molar-refractivity contribution in [2.24, 2.45) is 11.8 Å². The zero-order chi connectivity index (χ0) is 21.7. The predicted octanol–water partition coefficient (Wildman–Crippen LogP) is 2.86. The number of sulfone groups is 1. The molecule has 0 unspecified atom stereocenters. The molecule has 0 saturated carbocycles. The van der Waals surface area contributed by atoms with Crippen LogP contribution in [0.25, 0.3) is 0 Å². The zero-order valence-electron chi connectivity index (χ0n) is 18.2. The lowest BCUT2D eigenvalue weighted by molar-refractivity contribution is 0.222. The number of hydrogen-bond acceptors (Lipinski definition) is 8. The smallest absolute Gasteiger partial charge is 0.266 e. The highest BCUT2D eigenvalue weighted by molar-refractivity contribution is 7.90. The van der Waals surface area contributed by atoms with E-state index in [1.807, 2.05) is 19.0 Å². The van der Waals surface area contributed by atoms with E-state index in [1.54, 1.807) is 24.3 Å². The number of benzene rings is 1. The van der Waals surface area contributed by atoms with Gasteiger partial charge in [-0.3, -0.25) is 0 Å².